The molecular formula is C16H18N4S. The number of rotatable bonds is 4. The second-order valence-electron chi connectivity index (χ2n) is 5.31. The Labute approximate surface area is 128 Å². The summed E-state index contributed by atoms with van der Waals surface area (Å²) in [5.41, 5.74) is 10.3. The second-order valence-corrected chi connectivity index (χ2v) is 6.29. The van der Waals surface area contributed by atoms with Gasteiger partial charge in [0, 0.05) is 12.2 Å². The topological polar surface area (TPSA) is 67.6 Å². The number of aromatic amines is 1. The van der Waals surface area contributed by atoms with Gasteiger partial charge in [-0.25, -0.2) is 9.97 Å². The highest BCUT2D eigenvalue weighted by Crippen LogP contribution is 2.28. The van der Waals surface area contributed by atoms with Crippen molar-refractivity contribution in [1.82, 2.24) is 15.0 Å². The number of nitrogens with two attached hydrogens (primary N) is 1. The molecule has 0 aliphatic heterocycles. The lowest BCUT2D eigenvalue weighted by Gasteiger charge is -2.08. The van der Waals surface area contributed by atoms with Crippen molar-refractivity contribution >= 4 is 22.8 Å². The molecule has 1 unspecified atom stereocenters. The van der Waals surface area contributed by atoms with Crippen LogP contribution < -0.4 is 5.73 Å². The molecule has 0 spiro atoms. The Balaban J connectivity index is 1.91. The third-order valence-electron chi connectivity index (χ3n) is 3.20. The highest BCUT2D eigenvalue weighted by Gasteiger charge is 2.10. The van der Waals surface area contributed by atoms with E-state index >= 15 is 0 Å². The Kier molecular flexibility index (Phi) is 3.94. The molecular weight excluding hydrogens is 280 g/mol. The molecule has 0 amide bonds. The number of H-pyrrole nitrogens is 1. The fourth-order valence-electron chi connectivity index (χ4n) is 2.26. The normalized spacial score (nSPS) is 12.7. The maximum atomic E-state index is 5.90. The average molecular weight is 298 g/mol. The SMILES string of the molecule is Cc1ccc2nc(Sc3ncccc3CC(C)N)[nH]c2c1. The van der Waals surface area contributed by atoms with Crippen molar-refractivity contribution < 1.29 is 0 Å². The summed E-state index contributed by atoms with van der Waals surface area (Å²) in [6.07, 6.45) is 2.62. The molecule has 0 fully saturated rings. The number of hydrogen-bond acceptors (Lipinski definition) is 4. The van der Waals surface area contributed by atoms with Crippen molar-refractivity contribution in [2.75, 3.05) is 0 Å². The fourth-order valence-corrected chi connectivity index (χ4v) is 3.14. The van der Waals surface area contributed by atoms with E-state index in [0.29, 0.717) is 0 Å². The number of imidazole rings is 1. The predicted octanol–water partition coefficient (Wildman–Crippen LogP) is 3.31. The zero-order valence-corrected chi connectivity index (χ0v) is 12.9. The van der Waals surface area contributed by atoms with E-state index in [-0.39, 0.29) is 6.04 Å². The average Bonchev–Trinajstić information content (AvgIpc) is 2.82. The van der Waals surface area contributed by atoms with Crippen LogP contribution in [-0.2, 0) is 6.42 Å². The van der Waals surface area contributed by atoms with Gasteiger partial charge in [-0.1, -0.05) is 12.1 Å². The highest BCUT2D eigenvalue weighted by molar-refractivity contribution is 7.99. The minimum Gasteiger partial charge on any atom is -0.333 e. The largest absolute Gasteiger partial charge is 0.333 e. The van der Waals surface area contributed by atoms with Gasteiger partial charge in [0.1, 0.15) is 5.03 Å². The van der Waals surface area contributed by atoms with E-state index < -0.39 is 0 Å². The van der Waals surface area contributed by atoms with E-state index in [1.54, 1.807) is 18.0 Å². The summed E-state index contributed by atoms with van der Waals surface area (Å²) >= 11 is 1.55. The molecule has 108 valence electrons. The number of fused-ring (bicyclic) bond motifs is 1. The van der Waals surface area contributed by atoms with Gasteiger partial charge in [-0.15, -0.1) is 0 Å². The van der Waals surface area contributed by atoms with Gasteiger partial charge in [0.2, 0.25) is 0 Å². The maximum Gasteiger partial charge on any atom is 0.172 e. The van der Waals surface area contributed by atoms with E-state index in [0.717, 1.165) is 33.2 Å². The predicted molar refractivity (Wildman–Crippen MR) is 86.5 cm³/mol. The van der Waals surface area contributed by atoms with E-state index in [2.05, 4.69) is 40.1 Å². The Morgan fingerprint density at radius 2 is 2.19 bits per heavy atom. The fraction of sp³-hybridized carbons (Fsp3) is 0.250. The van der Waals surface area contributed by atoms with Crippen LogP contribution in [0.15, 0.2) is 46.7 Å². The number of nitrogens with zero attached hydrogens (tertiary/aromatic N) is 2. The molecule has 1 aromatic carbocycles. The summed E-state index contributed by atoms with van der Waals surface area (Å²) in [6, 6.07) is 10.3. The van der Waals surface area contributed by atoms with Crippen molar-refractivity contribution in [3.8, 4) is 0 Å². The van der Waals surface area contributed by atoms with Crippen molar-refractivity contribution in [1.29, 1.82) is 0 Å². The first-order valence-electron chi connectivity index (χ1n) is 6.95. The van der Waals surface area contributed by atoms with E-state index in [4.69, 9.17) is 5.73 Å². The first kappa shape index (κ1) is 14.1. The first-order chi connectivity index (χ1) is 10.1. The molecule has 4 nitrogen and oxygen atoms in total. The Bertz CT molecular complexity index is 764. The first-order valence-corrected chi connectivity index (χ1v) is 7.77. The summed E-state index contributed by atoms with van der Waals surface area (Å²) in [7, 11) is 0. The van der Waals surface area contributed by atoms with Crippen LogP contribution in [0.25, 0.3) is 11.0 Å². The van der Waals surface area contributed by atoms with Crippen LogP contribution in [-0.4, -0.2) is 21.0 Å². The van der Waals surface area contributed by atoms with Gasteiger partial charge in [0.25, 0.3) is 0 Å². The van der Waals surface area contributed by atoms with Crippen LogP contribution in [0.1, 0.15) is 18.1 Å². The summed E-state index contributed by atoms with van der Waals surface area (Å²) in [6.45, 7) is 4.08. The Morgan fingerprint density at radius 3 is 3.00 bits per heavy atom. The quantitative estimate of drug-likeness (QED) is 0.775. The highest BCUT2D eigenvalue weighted by atomic mass is 32.2. The van der Waals surface area contributed by atoms with Gasteiger partial charge in [-0.2, -0.15) is 0 Å². The van der Waals surface area contributed by atoms with Crippen molar-refractivity contribution in [3.05, 3.63) is 47.7 Å². The monoisotopic (exact) mass is 298 g/mol. The van der Waals surface area contributed by atoms with Crippen LogP contribution in [0.4, 0.5) is 0 Å². The third-order valence-corrected chi connectivity index (χ3v) is 4.15. The van der Waals surface area contributed by atoms with Crippen molar-refractivity contribution in [2.24, 2.45) is 5.73 Å². The molecule has 0 aliphatic rings. The zero-order valence-electron chi connectivity index (χ0n) is 12.1. The Morgan fingerprint density at radius 1 is 1.33 bits per heavy atom. The van der Waals surface area contributed by atoms with Gasteiger partial charge in [0.15, 0.2) is 5.16 Å². The summed E-state index contributed by atoms with van der Waals surface area (Å²) in [5.74, 6) is 0. The molecule has 3 rings (SSSR count). The summed E-state index contributed by atoms with van der Waals surface area (Å²) in [4.78, 5) is 12.4. The minimum atomic E-state index is 0.117. The molecule has 2 aromatic heterocycles. The maximum absolute atomic E-state index is 5.90. The summed E-state index contributed by atoms with van der Waals surface area (Å²) in [5, 5.41) is 1.82. The molecule has 0 saturated heterocycles. The molecule has 0 radical (unpaired) electrons. The number of nitrogens with one attached hydrogen (secondary N) is 1. The number of pyridine rings is 1. The van der Waals surface area contributed by atoms with E-state index in [9.17, 15) is 0 Å². The smallest absolute Gasteiger partial charge is 0.172 e. The minimum absolute atomic E-state index is 0.117. The van der Waals surface area contributed by atoms with Crippen molar-refractivity contribution in [2.45, 2.75) is 36.5 Å². The van der Waals surface area contributed by atoms with Crippen molar-refractivity contribution in [3.63, 3.8) is 0 Å². The van der Waals surface area contributed by atoms with Crippen LogP contribution in [0.3, 0.4) is 0 Å². The Hall–Kier alpha value is -1.85. The summed E-state index contributed by atoms with van der Waals surface area (Å²) < 4.78 is 0. The standard InChI is InChI=1S/C16H18N4S/c1-10-5-6-13-14(8-10)20-16(19-13)21-15-12(9-11(2)17)4-3-7-18-15/h3-8,11H,9,17H2,1-2H3,(H,19,20). The zero-order chi connectivity index (χ0) is 14.8. The lowest BCUT2D eigenvalue weighted by atomic mass is 10.1. The van der Waals surface area contributed by atoms with Crippen LogP contribution in [0.2, 0.25) is 0 Å². The molecule has 0 saturated carbocycles. The lowest BCUT2D eigenvalue weighted by molar-refractivity contribution is 0.722. The van der Waals surface area contributed by atoms with Crippen LogP contribution in [0.5, 0.6) is 0 Å². The van der Waals surface area contributed by atoms with Gasteiger partial charge in [0.05, 0.1) is 11.0 Å². The molecule has 5 heteroatoms. The van der Waals surface area contributed by atoms with Gasteiger partial charge in [-0.3, -0.25) is 0 Å². The van der Waals surface area contributed by atoms with E-state index in [1.165, 1.54) is 5.56 Å². The van der Waals surface area contributed by atoms with E-state index in [1.807, 2.05) is 19.1 Å². The third kappa shape index (κ3) is 3.25. The number of aryl methyl sites for hydroxylation is 1. The molecule has 0 bridgehead atoms. The number of benzene rings is 1. The van der Waals surface area contributed by atoms with Crippen LogP contribution >= 0.6 is 11.8 Å². The van der Waals surface area contributed by atoms with Crippen LogP contribution in [0, 0.1) is 6.92 Å². The number of aromatic nitrogens is 3. The molecule has 3 N–H and O–H groups in total. The lowest BCUT2D eigenvalue weighted by Crippen LogP contribution is -2.18. The molecule has 3 aromatic rings. The molecule has 0 aliphatic carbocycles. The number of hydrogen-bond donors (Lipinski definition) is 2. The van der Waals surface area contributed by atoms with Gasteiger partial charge >= 0.3 is 0 Å². The second kappa shape index (κ2) is 5.87. The molecule has 2 heterocycles. The molecule has 1 atom stereocenters. The van der Waals surface area contributed by atoms with Gasteiger partial charge in [-0.05, 0) is 61.4 Å². The molecule has 21 heavy (non-hydrogen) atoms. The van der Waals surface area contributed by atoms with Gasteiger partial charge < -0.3 is 10.7 Å².